The second kappa shape index (κ2) is 9.12. The number of carbonyl (C=O) groups is 2. The highest BCUT2D eigenvalue weighted by Gasteiger charge is 2.32. The molecule has 1 N–H and O–H groups in total. The molecule has 0 atom stereocenters. The number of amides is 3. The number of anilines is 1. The zero-order chi connectivity index (χ0) is 19.9. The van der Waals surface area contributed by atoms with E-state index >= 15 is 0 Å². The van der Waals surface area contributed by atoms with E-state index in [1.807, 2.05) is 48.5 Å². The molecule has 148 valence electrons. The summed E-state index contributed by atoms with van der Waals surface area (Å²) in [5, 5.41) is 2.88. The molecule has 1 heterocycles. The lowest BCUT2D eigenvalue weighted by molar-refractivity contribution is -0.121. The van der Waals surface area contributed by atoms with E-state index in [0.29, 0.717) is 25.4 Å². The summed E-state index contributed by atoms with van der Waals surface area (Å²) in [6, 6.07) is 14.9. The monoisotopic (exact) mass is 383 g/mol. The Morgan fingerprint density at radius 2 is 1.79 bits per heavy atom. The Kier molecular flexibility index (Phi) is 6.37. The summed E-state index contributed by atoms with van der Waals surface area (Å²) in [5.74, 6) is 1.28. The van der Waals surface area contributed by atoms with Crippen LogP contribution in [0.1, 0.15) is 5.56 Å². The zero-order valence-electron chi connectivity index (χ0n) is 16.2. The maximum absolute atomic E-state index is 12.7. The molecule has 3 rings (SSSR count). The predicted molar refractivity (Wildman–Crippen MR) is 107 cm³/mol. The molecule has 0 bridgehead atoms. The molecule has 3 amide bonds. The van der Waals surface area contributed by atoms with Crippen LogP contribution in [0.4, 0.5) is 10.5 Å². The van der Waals surface area contributed by atoms with Crippen LogP contribution in [0.5, 0.6) is 11.5 Å². The summed E-state index contributed by atoms with van der Waals surface area (Å²) >= 11 is 0. The van der Waals surface area contributed by atoms with Crippen LogP contribution in [0.3, 0.4) is 0 Å². The van der Waals surface area contributed by atoms with Gasteiger partial charge < -0.3 is 19.7 Å². The highest BCUT2D eigenvalue weighted by Crippen LogP contribution is 2.30. The Bertz CT molecular complexity index is 823. The highest BCUT2D eigenvalue weighted by molar-refractivity contribution is 5.97. The molecule has 1 aliphatic rings. The van der Waals surface area contributed by atoms with Gasteiger partial charge in [0.05, 0.1) is 19.9 Å². The van der Waals surface area contributed by atoms with Crippen LogP contribution >= 0.6 is 0 Å². The Balaban J connectivity index is 1.48. The molecule has 0 radical (unpaired) electrons. The molecule has 2 aromatic rings. The number of ether oxygens (including phenoxy) is 2. The van der Waals surface area contributed by atoms with Crippen molar-refractivity contribution in [2.24, 2.45) is 0 Å². The van der Waals surface area contributed by atoms with Crippen LogP contribution in [0, 0.1) is 0 Å². The van der Waals surface area contributed by atoms with Crippen molar-refractivity contribution in [3.63, 3.8) is 0 Å². The summed E-state index contributed by atoms with van der Waals surface area (Å²) in [4.78, 5) is 28.1. The third-order valence-corrected chi connectivity index (χ3v) is 4.70. The number of urea groups is 1. The molecule has 0 unspecified atom stereocenters. The fourth-order valence-corrected chi connectivity index (χ4v) is 3.17. The molecule has 0 aliphatic carbocycles. The average molecular weight is 383 g/mol. The van der Waals surface area contributed by atoms with Crippen molar-refractivity contribution >= 4 is 17.6 Å². The number of carbonyl (C=O) groups excluding carboxylic acids is 2. The van der Waals surface area contributed by atoms with E-state index in [9.17, 15) is 9.59 Å². The number of rotatable bonds is 8. The van der Waals surface area contributed by atoms with Gasteiger partial charge in [-0.1, -0.05) is 24.3 Å². The van der Waals surface area contributed by atoms with Gasteiger partial charge in [-0.15, -0.1) is 0 Å². The minimum absolute atomic E-state index is 0.0487. The molecule has 0 saturated carbocycles. The van der Waals surface area contributed by atoms with Crippen molar-refractivity contribution in [2.45, 2.75) is 6.42 Å². The van der Waals surface area contributed by atoms with Crippen molar-refractivity contribution in [3.05, 3.63) is 54.1 Å². The quantitative estimate of drug-likeness (QED) is 0.759. The first-order valence-corrected chi connectivity index (χ1v) is 9.21. The Morgan fingerprint density at radius 3 is 2.50 bits per heavy atom. The zero-order valence-corrected chi connectivity index (χ0v) is 16.2. The smallest absolute Gasteiger partial charge is 0.325 e. The van der Waals surface area contributed by atoms with Gasteiger partial charge in [0.2, 0.25) is 5.91 Å². The Labute approximate surface area is 164 Å². The number of nitrogens with zero attached hydrogens (tertiary/aromatic N) is 2. The molecule has 28 heavy (non-hydrogen) atoms. The molecule has 7 nitrogen and oxygen atoms in total. The van der Waals surface area contributed by atoms with Gasteiger partial charge in [0.1, 0.15) is 18.0 Å². The van der Waals surface area contributed by atoms with E-state index < -0.39 is 0 Å². The molecule has 1 saturated heterocycles. The van der Waals surface area contributed by atoms with E-state index in [0.717, 1.165) is 23.4 Å². The number of hydrogen-bond acceptors (Lipinski definition) is 4. The van der Waals surface area contributed by atoms with Crippen LogP contribution in [-0.2, 0) is 11.2 Å². The molecule has 1 aliphatic heterocycles. The second-order valence-electron chi connectivity index (χ2n) is 6.48. The number of hydrogen-bond donors (Lipinski definition) is 1. The number of methoxy groups -OCH3 is 2. The molecular formula is C21H25N3O4. The molecule has 0 spiro atoms. The fraction of sp³-hybridized carbons (Fsp3) is 0.333. The maximum Gasteiger partial charge on any atom is 0.325 e. The van der Waals surface area contributed by atoms with E-state index in [-0.39, 0.29) is 18.5 Å². The summed E-state index contributed by atoms with van der Waals surface area (Å²) in [6.45, 7) is 1.59. The Morgan fingerprint density at radius 1 is 1.04 bits per heavy atom. The van der Waals surface area contributed by atoms with Gasteiger partial charge in [0.25, 0.3) is 0 Å². The van der Waals surface area contributed by atoms with Crippen LogP contribution in [0.2, 0.25) is 0 Å². The highest BCUT2D eigenvalue weighted by atomic mass is 16.5. The topological polar surface area (TPSA) is 71.1 Å². The fourth-order valence-electron chi connectivity index (χ4n) is 3.17. The van der Waals surface area contributed by atoms with E-state index in [1.54, 1.807) is 24.0 Å². The normalized spacial score (nSPS) is 13.6. The second-order valence-corrected chi connectivity index (χ2v) is 6.48. The standard InChI is InChI=1S/C21H25N3O4/c1-27-17-9-7-16(8-10-17)11-12-22-20(25)15-23-13-14-24(21(23)26)18-5-3-4-6-19(18)28-2/h3-10H,11-15H2,1-2H3,(H,22,25). The van der Waals surface area contributed by atoms with Crippen LogP contribution in [0.25, 0.3) is 0 Å². The largest absolute Gasteiger partial charge is 0.497 e. The lowest BCUT2D eigenvalue weighted by atomic mass is 10.1. The maximum atomic E-state index is 12.7. The predicted octanol–water partition coefficient (Wildman–Crippen LogP) is 2.30. The van der Waals surface area contributed by atoms with E-state index in [4.69, 9.17) is 9.47 Å². The number of para-hydroxylation sites is 2. The molecule has 1 fully saturated rings. The van der Waals surface area contributed by atoms with Gasteiger partial charge in [-0.3, -0.25) is 9.69 Å². The SMILES string of the molecule is COc1ccc(CCNC(=O)CN2CCN(c3ccccc3OC)C2=O)cc1. The number of benzene rings is 2. The number of nitrogens with one attached hydrogen (secondary N) is 1. The van der Waals surface area contributed by atoms with Gasteiger partial charge in [-0.25, -0.2) is 4.79 Å². The van der Waals surface area contributed by atoms with E-state index in [2.05, 4.69) is 5.32 Å². The van der Waals surface area contributed by atoms with E-state index in [1.165, 1.54) is 0 Å². The van der Waals surface area contributed by atoms with Crippen molar-refractivity contribution in [1.29, 1.82) is 0 Å². The summed E-state index contributed by atoms with van der Waals surface area (Å²) in [6.07, 6.45) is 0.719. The van der Waals surface area contributed by atoms with Gasteiger partial charge in [-0.05, 0) is 36.2 Å². The third-order valence-electron chi connectivity index (χ3n) is 4.70. The van der Waals surface area contributed by atoms with Crippen LogP contribution in [-0.4, -0.2) is 57.2 Å². The van der Waals surface area contributed by atoms with Crippen molar-refractivity contribution in [1.82, 2.24) is 10.2 Å². The first kappa shape index (κ1) is 19.5. The first-order valence-electron chi connectivity index (χ1n) is 9.21. The van der Waals surface area contributed by atoms with Gasteiger partial charge in [0, 0.05) is 19.6 Å². The van der Waals surface area contributed by atoms with Crippen molar-refractivity contribution in [2.75, 3.05) is 45.3 Å². The van der Waals surface area contributed by atoms with Gasteiger partial charge in [0.15, 0.2) is 0 Å². The average Bonchev–Trinajstić information content (AvgIpc) is 3.08. The lowest BCUT2D eigenvalue weighted by Gasteiger charge is -2.20. The van der Waals surface area contributed by atoms with Gasteiger partial charge in [-0.2, -0.15) is 0 Å². The first-order chi connectivity index (χ1) is 13.6. The van der Waals surface area contributed by atoms with Crippen molar-refractivity contribution < 1.29 is 19.1 Å². The molecule has 2 aromatic carbocycles. The Hall–Kier alpha value is -3.22. The molecule has 7 heteroatoms. The minimum atomic E-state index is -0.185. The van der Waals surface area contributed by atoms with Gasteiger partial charge >= 0.3 is 6.03 Å². The third kappa shape index (κ3) is 4.54. The molecule has 0 aromatic heterocycles. The van der Waals surface area contributed by atoms with Crippen molar-refractivity contribution in [3.8, 4) is 11.5 Å². The van der Waals surface area contributed by atoms with Crippen LogP contribution in [0.15, 0.2) is 48.5 Å². The molecular weight excluding hydrogens is 358 g/mol. The summed E-state index contributed by atoms with van der Waals surface area (Å²) < 4.78 is 10.5. The summed E-state index contributed by atoms with van der Waals surface area (Å²) in [7, 11) is 3.21. The lowest BCUT2D eigenvalue weighted by Crippen LogP contribution is -2.40. The van der Waals surface area contributed by atoms with Crippen LogP contribution < -0.4 is 19.7 Å². The summed E-state index contributed by atoms with van der Waals surface area (Å²) in [5.41, 5.74) is 1.83. The minimum Gasteiger partial charge on any atom is -0.497 e.